The summed E-state index contributed by atoms with van der Waals surface area (Å²) in [5.41, 5.74) is 1.14. The first-order valence-corrected chi connectivity index (χ1v) is 6.35. The SMILES string of the molecule is COC(=O)N1CC[C@H](Nc2ccccc2)[C@H](C)C1. The molecule has 1 aromatic rings. The maximum atomic E-state index is 11.5. The Hall–Kier alpha value is -1.71. The molecule has 1 aliphatic rings. The predicted molar refractivity (Wildman–Crippen MR) is 71.6 cm³/mol. The van der Waals surface area contributed by atoms with E-state index in [1.54, 1.807) is 4.90 Å². The van der Waals surface area contributed by atoms with Gasteiger partial charge in [0.15, 0.2) is 0 Å². The minimum absolute atomic E-state index is 0.222. The second kappa shape index (κ2) is 5.76. The molecule has 0 aromatic heterocycles. The van der Waals surface area contributed by atoms with Crippen molar-refractivity contribution in [3.63, 3.8) is 0 Å². The summed E-state index contributed by atoms with van der Waals surface area (Å²) < 4.78 is 4.76. The van der Waals surface area contributed by atoms with Crippen LogP contribution in [0.3, 0.4) is 0 Å². The van der Waals surface area contributed by atoms with E-state index in [-0.39, 0.29) is 6.09 Å². The molecule has 18 heavy (non-hydrogen) atoms. The largest absolute Gasteiger partial charge is 0.453 e. The average Bonchev–Trinajstić information content (AvgIpc) is 2.41. The maximum absolute atomic E-state index is 11.5. The van der Waals surface area contributed by atoms with E-state index in [1.165, 1.54) is 7.11 Å². The number of carbonyl (C=O) groups is 1. The Bertz CT molecular complexity index is 394. The van der Waals surface area contributed by atoms with E-state index in [2.05, 4.69) is 24.4 Å². The molecule has 2 atom stereocenters. The Labute approximate surface area is 108 Å². The van der Waals surface area contributed by atoms with Crippen LogP contribution >= 0.6 is 0 Å². The number of carbonyl (C=O) groups excluding carboxylic acids is 1. The summed E-state index contributed by atoms with van der Waals surface area (Å²) >= 11 is 0. The van der Waals surface area contributed by atoms with Crippen LogP contribution in [0.5, 0.6) is 0 Å². The highest BCUT2D eigenvalue weighted by Crippen LogP contribution is 2.21. The minimum Gasteiger partial charge on any atom is -0.453 e. The number of para-hydroxylation sites is 1. The lowest BCUT2D eigenvalue weighted by atomic mass is 9.94. The molecular weight excluding hydrogens is 228 g/mol. The number of piperidine rings is 1. The summed E-state index contributed by atoms with van der Waals surface area (Å²) in [4.78, 5) is 13.2. The molecule has 0 unspecified atom stereocenters. The van der Waals surface area contributed by atoms with Gasteiger partial charge in [-0.05, 0) is 24.5 Å². The number of benzene rings is 1. The molecular formula is C14H20N2O2. The highest BCUT2D eigenvalue weighted by molar-refractivity contribution is 5.67. The quantitative estimate of drug-likeness (QED) is 0.874. The molecule has 2 rings (SSSR count). The maximum Gasteiger partial charge on any atom is 0.409 e. The molecule has 1 aliphatic heterocycles. The number of rotatable bonds is 2. The first kappa shape index (κ1) is 12.7. The van der Waals surface area contributed by atoms with Crippen molar-refractivity contribution >= 4 is 11.8 Å². The van der Waals surface area contributed by atoms with Gasteiger partial charge in [0, 0.05) is 24.8 Å². The third kappa shape index (κ3) is 2.94. The van der Waals surface area contributed by atoms with Crippen LogP contribution in [0.1, 0.15) is 13.3 Å². The van der Waals surface area contributed by atoms with Crippen molar-refractivity contribution in [2.24, 2.45) is 5.92 Å². The highest BCUT2D eigenvalue weighted by atomic mass is 16.5. The Kier molecular flexibility index (Phi) is 4.07. The van der Waals surface area contributed by atoms with Crippen molar-refractivity contribution in [3.05, 3.63) is 30.3 Å². The molecule has 98 valence electrons. The molecule has 0 saturated carbocycles. The van der Waals surface area contributed by atoms with Crippen molar-refractivity contribution < 1.29 is 9.53 Å². The number of methoxy groups -OCH3 is 1. The average molecular weight is 248 g/mol. The number of likely N-dealkylation sites (tertiary alicyclic amines) is 1. The van der Waals surface area contributed by atoms with E-state index in [0.717, 1.165) is 25.2 Å². The number of ether oxygens (including phenoxy) is 1. The Morgan fingerprint density at radius 1 is 1.39 bits per heavy atom. The second-order valence-corrected chi connectivity index (χ2v) is 4.80. The normalized spacial score (nSPS) is 23.6. The number of hydrogen-bond acceptors (Lipinski definition) is 3. The van der Waals surface area contributed by atoms with E-state index in [9.17, 15) is 4.79 Å². The van der Waals surface area contributed by atoms with Crippen molar-refractivity contribution in [2.75, 3.05) is 25.5 Å². The fourth-order valence-electron chi connectivity index (χ4n) is 2.40. The zero-order chi connectivity index (χ0) is 13.0. The summed E-state index contributed by atoms with van der Waals surface area (Å²) in [7, 11) is 1.43. The van der Waals surface area contributed by atoms with E-state index in [1.807, 2.05) is 18.2 Å². The summed E-state index contributed by atoms with van der Waals surface area (Å²) in [5, 5.41) is 3.53. The zero-order valence-corrected chi connectivity index (χ0v) is 10.9. The molecule has 0 spiro atoms. The molecule has 1 saturated heterocycles. The van der Waals surface area contributed by atoms with Crippen molar-refractivity contribution in [1.29, 1.82) is 0 Å². The molecule has 1 amide bonds. The molecule has 0 aliphatic carbocycles. The highest BCUT2D eigenvalue weighted by Gasteiger charge is 2.28. The van der Waals surface area contributed by atoms with Crippen LogP contribution in [0.15, 0.2) is 30.3 Å². The molecule has 1 fully saturated rings. The predicted octanol–water partition coefficient (Wildman–Crippen LogP) is 2.58. The van der Waals surface area contributed by atoms with Crippen molar-refractivity contribution in [3.8, 4) is 0 Å². The lowest BCUT2D eigenvalue weighted by Crippen LogP contribution is -2.47. The fraction of sp³-hybridized carbons (Fsp3) is 0.500. The van der Waals surface area contributed by atoms with E-state index >= 15 is 0 Å². The third-order valence-corrected chi connectivity index (χ3v) is 3.46. The molecule has 4 nitrogen and oxygen atoms in total. The van der Waals surface area contributed by atoms with Gasteiger partial charge in [-0.25, -0.2) is 4.79 Å². The van der Waals surface area contributed by atoms with Gasteiger partial charge in [0.05, 0.1) is 7.11 Å². The van der Waals surface area contributed by atoms with Crippen molar-refractivity contribution in [1.82, 2.24) is 4.90 Å². The summed E-state index contributed by atoms with van der Waals surface area (Å²) in [6, 6.07) is 10.6. The number of anilines is 1. The zero-order valence-electron chi connectivity index (χ0n) is 10.9. The van der Waals surface area contributed by atoms with Gasteiger partial charge in [0.2, 0.25) is 0 Å². The molecule has 0 bridgehead atoms. The van der Waals surface area contributed by atoms with Gasteiger partial charge >= 0.3 is 6.09 Å². The van der Waals surface area contributed by atoms with Crippen LogP contribution in [-0.2, 0) is 4.74 Å². The molecule has 4 heteroatoms. The van der Waals surface area contributed by atoms with Crippen LogP contribution in [0, 0.1) is 5.92 Å². The van der Waals surface area contributed by atoms with Crippen LogP contribution < -0.4 is 5.32 Å². The Morgan fingerprint density at radius 3 is 2.72 bits per heavy atom. The fourth-order valence-corrected chi connectivity index (χ4v) is 2.40. The van der Waals surface area contributed by atoms with Crippen LogP contribution in [-0.4, -0.2) is 37.2 Å². The minimum atomic E-state index is -0.222. The van der Waals surface area contributed by atoms with Gasteiger partial charge in [0.25, 0.3) is 0 Å². The van der Waals surface area contributed by atoms with E-state index < -0.39 is 0 Å². The van der Waals surface area contributed by atoms with Gasteiger partial charge in [-0.3, -0.25) is 0 Å². The molecule has 1 N–H and O–H groups in total. The summed E-state index contributed by atoms with van der Waals surface area (Å²) in [6.07, 6.45) is 0.727. The number of nitrogens with zero attached hydrogens (tertiary/aromatic N) is 1. The monoisotopic (exact) mass is 248 g/mol. The standard InChI is InChI=1S/C14H20N2O2/c1-11-10-16(14(17)18-2)9-8-13(11)15-12-6-4-3-5-7-12/h3-7,11,13,15H,8-10H2,1-2H3/t11-,13+/m1/s1. The lowest BCUT2D eigenvalue weighted by Gasteiger charge is -2.36. The third-order valence-electron chi connectivity index (χ3n) is 3.46. The molecule has 0 radical (unpaired) electrons. The van der Waals surface area contributed by atoms with Gasteiger partial charge in [0.1, 0.15) is 0 Å². The van der Waals surface area contributed by atoms with Gasteiger partial charge in [-0.1, -0.05) is 25.1 Å². The lowest BCUT2D eigenvalue weighted by molar-refractivity contribution is 0.101. The van der Waals surface area contributed by atoms with Crippen LogP contribution in [0.25, 0.3) is 0 Å². The number of amides is 1. The van der Waals surface area contributed by atoms with Crippen LogP contribution in [0.4, 0.5) is 10.5 Å². The van der Waals surface area contributed by atoms with Gasteiger partial charge in [-0.2, -0.15) is 0 Å². The van der Waals surface area contributed by atoms with E-state index in [4.69, 9.17) is 4.74 Å². The Morgan fingerprint density at radius 2 is 2.11 bits per heavy atom. The van der Waals surface area contributed by atoms with Gasteiger partial charge in [-0.15, -0.1) is 0 Å². The first-order valence-electron chi connectivity index (χ1n) is 6.35. The molecule has 1 aromatic carbocycles. The smallest absolute Gasteiger partial charge is 0.409 e. The topological polar surface area (TPSA) is 41.6 Å². The first-order chi connectivity index (χ1) is 8.70. The summed E-state index contributed by atoms with van der Waals surface area (Å²) in [6.45, 7) is 3.66. The number of hydrogen-bond donors (Lipinski definition) is 1. The molecule has 1 heterocycles. The Balaban J connectivity index is 1.92. The summed E-state index contributed by atoms with van der Waals surface area (Å²) in [5.74, 6) is 0.415. The van der Waals surface area contributed by atoms with Gasteiger partial charge < -0.3 is 15.0 Å². The van der Waals surface area contributed by atoms with Crippen LogP contribution in [0.2, 0.25) is 0 Å². The van der Waals surface area contributed by atoms with Crippen molar-refractivity contribution in [2.45, 2.75) is 19.4 Å². The number of nitrogens with one attached hydrogen (secondary N) is 1. The second-order valence-electron chi connectivity index (χ2n) is 4.80. The van der Waals surface area contributed by atoms with E-state index in [0.29, 0.717) is 12.0 Å².